The van der Waals surface area contributed by atoms with E-state index in [1.54, 1.807) is 12.4 Å². The van der Waals surface area contributed by atoms with E-state index in [4.69, 9.17) is 0 Å². The molecule has 29 heavy (non-hydrogen) atoms. The largest absolute Gasteiger partial charge is 0.338 e. The standard InChI is InChI=1S/C21H21N5O2S/c27-19-9-16(13-26(19)12-15-5-2-1-3-6-15)10-23-20(28)25-21-24-18(14-29-21)17-7-4-8-22-11-17/h1-8,11,14,16H,9-10,12-13H2,(H2,23,24,25,28)/t16-/m0/s1. The molecule has 0 saturated carbocycles. The highest BCUT2D eigenvalue weighted by molar-refractivity contribution is 7.14. The number of urea groups is 1. The van der Waals surface area contributed by atoms with Crippen LogP contribution in [0, 0.1) is 5.92 Å². The van der Waals surface area contributed by atoms with Crippen molar-refractivity contribution in [2.24, 2.45) is 5.92 Å². The van der Waals surface area contributed by atoms with Crippen molar-refractivity contribution < 1.29 is 9.59 Å². The van der Waals surface area contributed by atoms with Crippen LogP contribution in [0.15, 0.2) is 60.2 Å². The molecule has 2 N–H and O–H groups in total. The zero-order chi connectivity index (χ0) is 20.1. The number of rotatable bonds is 6. The maximum absolute atomic E-state index is 12.2. The number of anilines is 1. The number of thiazole rings is 1. The van der Waals surface area contributed by atoms with Gasteiger partial charge in [0.1, 0.15) is 0 Å². The lowest BCUT2D eigenvalue weighted by molar-refractivity contribution is -0.128. The molecular weight excluding hydrogens is 386 g/mol. The predicted octanol–water partition coefficient (Wildman–Crippen LogP) is 3.38. The number of nitrogens with zero attached hydrogens (tertiary/aromatic N) is 3. The molecule has 0 radical (unpaired) electrons. The van der Waals surface area contributed by atoms with Gasteiger partial charge >= 0.3 is 6.03 Å². The summed E-state index contributed by atoms with van der Waals surface area (Å²) in [6, 6.07) is 13.4. The number of pyridine rings is 1. The summed E-state index contributed by atoms with van der Waals surface area (Å²) in [4.78, 5) is 34.8. The lowest BCUT2D eigenvalue weighted by atomic mass is 10.1. The van der Waals surface area contributed by atoms with Crippen LogP contribution >= 0.6 is 11.3 Å². The molecule has 4 rings (SSSR count). The minimum Gasteiger partial charge on any atom is -0.338 e. The van der Waals surface area contributed by atoms with Gasteiger partial charge in [0.15, 0.2) is 5.13 Å². The molecule has 1 saturated heterocycles. The summed E-state index contributed by atoms with van der Waals surface area (Å²) in [7, 11) is 0. The third-order valence-electron chi connectivity index (χ3n) is 4.74. The molecule has 0 unspecified atom stereocenters. The third-order valence-corrected chi connectivity index (χ3v) is 5.50. The molecule has 0 aliphatic carbocycles. The van der Waals surface area contributed by atoms with Crippen LogP contribution in [-0.2, 0) is 11.3 Å². The van der Waals surface area contributed by atoms with Crippen molar-refractivity contribution in [1.82, 2.24) is 20.2 Å². The smallest absolute Gasteiger partial charge is 0.321 e. The van der Waals surface area contributed by atoms with Crippen molar-refractivity contribution in [3.05, 3.63) is 65.8 Å². The van der Waals surface area contributed by atoms with Gasteiger partial charge in [-0.1, -0.05) is 30.3 Å². The lowest BCUT2D eigenvalue weighted by Gasteiger charge is -2.17. The summed E-state index contributed by atoms with van der Waals surface area (Å²) in [6.07, 6.45) is 3.89. The maximum Gasteiger partial charge on any atom is 0.321 e. The van der Waals surface area contributed by atoms with Gasteiger partial charge < -0.3 is 10.2 Å². The second-order valence-corrected chi connectivity index (χ2v) is 7.80. The Morgan fingerprint density at radius 1 is 1.21 bits per heavy atom. The van der Waals surface area contributed by atoms with Crippen molar-refractivity contribution in [1.29, 1.82) is 0 Å². The monoisotopic (exact) mass is 407 g/mol. The minimum absolute atomic E-state index is 0.110. The van der Waals surface area contributed by atoms with E-state index < -0.39 is 0 Å². The van der Waals surface area contributed by atoms with Gasteiger partial charge in [0.25, 0.3) is 0 Å². The molecule has 0 spiro atoms. The van der Waals surface area contributed by atoms with Crippen LogP contribution in [0.5, 0.6) is 0 Å². The zero-order valence-electron chi connectivity index (χ0n) is 15.7. The second kappa shape index (κ2) is 8.83. The molecule has 3 amide bonds. The molecule has 3 aromatic rings. The van der Waals surface area contributed by atoms with Gasteiger partial charge in [-0.2, -0.15) is 0 Å². The Morgan fingerprint density at radius 2 is 2.07 bits per heavy atom. The quantitative estimate of drug-likeness (QED) is 0.656. The number of amides is 3. The fraction of sp³-hybridized carbons (Fsp3) is 0.238. The molecule has 1 aliphatic rings. The number of carbonyl (C=O) groups is 2. The van der Waals surface area contributed by atoms with Gasteiger partial charge in [0, 0.05) is 55.3 Å². The Hall–Kier alpha value is -3.26. The van der Waals surface area contributed by atoms with Crippen LogP contribution in [0.2, 0.25) is 0 Å². The third kappa shape index (κ3) is 4.97. The molecule has 0 bridgehead atoms. The van der Waals surface area contributed by atoms with Crippen LogP contribution in [-0.4, -0.2) is 39.9 Å². The maximum atomic E-state index is 12.2. The van der Waals surface area contributed by atoms with E-state index in [-0.39, 0.29) is 17.9 Å². The highest BCUT2D eigenvalue weighted by Gasteiger charge is 2.29. The van der Waals surface area contributed by atoms with Crippen LogP contribution in [0.4, 0.5) is 9.93 Å². The lowest BCUT2D eigenvalue weighted by Crippen LogP contribution is -2.34. The summed E-state index contributed by atoms with van der Waals surface area (Å²) in [5.74, 6) is 0.237. The molecule has 1 aliphatic heterocycles. The average molecular weight is 407 g/mol. The number of likely N-dealkylation sites (tertiary alicyclic amines) is 1. The minimum atomic E-state index is -0.314. The number of benzene rings is 1. The summed E-state index contributed by atoms with van der Waals surface area (Å²) in [5, 5.41) is 8.01. The molecule has 2 aromatic heterocycles. The van der Waals surface area contributed by atoms with E-state index in [1.165, 1.54) is 11.3 Å². The SMILES string of the molecule is O=C(NC[C@@H]1CC(=O)N(Cc2ccccc2)C1)Nc1nc(-c2cccnc2)cs1. The van der Waals surface area contributed by atoms with E-state index in [0.717, 1.165) is 16.8 Å². The van der Waals surface area contributed by atoms with Gasteiger partial charge in [-0.15, -0.1) is 11.3 Å². The molecule has 7 nitrogen and oxygen atoms in total. The first-order chi connectivity index (χ1) is 14.2. The number of nitrogens with one attached hydrogen (secondary N) is 2. The second-order valence-electron chi connectivity index (χ2n) is 6.94. The van der Waals surface area contributed by atoms with Gasteiger partial charge in [-0.25, -0.2) is 9.78 Å². The van der Waals surface area contributed by atoms with E-state index in [2.05, 4.69) is 20.6 Å². The molecule has 3 heterocycles. The topological polar surface area (TPSA) is 87.2 Å². The van der Waals surface area contributed by atoms with Crippen LogP contribution in [0.25, 0.3) is 11.3 Å². The van der Waals surface area contributed by atoms with Crippen LogP contribution in [0.1, 0.15) is 12.0 Å². The molecule has 1 atom stereocenters. The number of hydrogen-bond donors (Lipinski definition) is 2. The summed E-state index contributed by atoms with van der Waals surface area (Å²) >= 11 is 1.36. The van der Waals surface area contributed by atoms with Crippen molar-refractivity contribution >= 4 is 28.4 Å². The first kappa shape index (κ1) is 19.1. The first-order valence-corrected chi connectivity index (χ1v) is 10.3. The Balaban J connectivity index is 1.25. The van der Waals surface area contributed by atoms with Crippen molar-refractivity contribution in [3.8, 4) is 11.3 Å². The Kier molecular flexibility index (Phi) is 5.81. The summed E-state index contributed by atoms with van der Waals surface area (Å²) in [6.45, 7) is 1.71. The predicted molar refractivity (Wildman–Crippen MR) is 112 cm³/mol. The normalized spacial score (nSPS) is 16.1. The average Bonchev–Trinajstić information content (AvgIpc) is 3.35. The number of hydrogen-bond acceptors (Lipinski definition) is 5. The van der Waals surface area contributed by atoms with E-state index in [9.17, 15) is 9.59 Å². The molecule has 1 fully saturated rings. The Bertz CT molecular complexity index is 977. The van der Waals surface area contributed by atoms with Gasteiger partial charge in [-0.3, -0.25) is 15.1 Å². The molecular formula is C21H21N5O2S. The summed E-state index contributed by atoms with van der Waals surface area (Å²) in [5.41, 5.74) is 2.79. The Morgan fingerprint density at radius 3 is 2.86 bits per heavy atom. The fourth-order valence-electron chi connectivity index (χ4n) is 3.30. The van der Waals surface area contributed by atoms with Crippen molar-refractivity contribution in [2.45, 2.75) is 13.0 Å². The van der Waals surface area contributed by atoms with Crippen molar-refractivity contribution in [2.75, 3.05) is 18.4 Å². The molecule has 8 heteroatoms. The number of aromatic nitrogens is 2. The number of carbonyl (C=O) groups excluding carboxylic acids is 2. The van der Waals surface area contributed by atoms with Gasteiger partial charge in [0.05, 0.1) is 5.69 Å². The fourth-order valence-corrected chi connectivity index (χ4v) is 4.02. The Labute approximate surface area is 172 Å². The zero-order valence-corrected chi connectivity index (χ0v) is 16.6. The highest BCUT2D eigenvalue weighted by atomic mass is 32.1. The van der Waals surface area contributed by atoms with Gasteiger partial charge in [0.2, 0.25) is 5.91 Å². The van der Waals surface area contributed by atoms with E-state index in [0.29, 0.717) is 31.2 Å². The van der Waals surface area contributed by atoms with Gasteiger partial charge in [-0.05, 0) is 17.7 Å². The van der Waals surface area contributed by atoms with E-state index in [1.807, 2.05) is 52.7 Å². The van der Waals surface area contributed by atoms with Crippen LogP contribution < -0.4 is 10.6 Å². The van der Waals surface area contributed by atoms with Crippen LogP contribution in [0.3, 0.4) is 0 Å². The molecule has 148 valence electrons. The highest BCUT2D eigenvalue weighted by Crippen LogP contribution is 2.24. The van der Waals surface area contributed by atoms with Crippen molar-refractivity contribution in [3.63, 3.8) is 0 Å². The first-order valence-electron chi connectivity index (χ1n) is 9.40. The van der Waals surface area contributed by atoms with E-state index >= 15 is 0 Å². The molecule has 1 aromatic carbocycles. The summed E-state index contributed by atoms with van der Waals surface area (Å²) < 4.78 is 0.